The van der Waals surface area contributed by atoms with Crippen molar-refractivity contribution in [3.05, 3.63) is 23.8 Å². The number of nitrogens with one attached hydrogen (secondary N) is 2. The Balaban J connectivity index is 1.58. The zero-order valence-corrected chi connectivity index (χ0v) is 15.0. The van der Waals surface area contributed by atoms with Crippen LogP contribution in [0, 0.1) is 0 Å². The van der Waals surface area contributed by atoms with Gasteiger partial charge < -0.3 is 24.8 Å². The Labute approximate surface area is 151 Å². The van der Waals surface area contributed by atoms with E-state index >= 15 is 0 Å². The highest BCUT2D eigenvalue weighted by molar-refractivity contribution is 5.80. The summed E-state index contributed by atoms with van der Waals surface area (Å²) in [5.74, 6) is 1.03. The molecular weight excluding hydrogens is 344 g/mol. The van der Waals surface area contributed by atoms with Crippen molar-refractivity contribution in [1.82, 2.24) is 10.6 Å². The predicted octanol–water partition coefficient (Wildman–Crippen LogP) is 2.67. The third-order valence-electron chi connectivity index (χ3n) is 4.64. The van der Waals surface area contributed by atoms with Gasteiger partial charge in [0.25, 0.3) is 0 Å². The fourth-order valence-corrected chi connectivity index (χ4v) is 3.47. The summed E-state index contributed by atoms with van der Waals surface area (Å²) in [6.07, 6.45) is 3.85. The standard InChI is InChI=1S/C18H25F2N3O3/c1-3-24-16-8-11(4-6-15(16)26-17(19)20)10-22-18(21-2)23-13-9-12-5-7-14(13)25-12/h4,6,8,12-14,17H,3,5,7,9-10H2,1-2H3,(H2,21,22,23). The molecule has 0 saturated carbocycles. The lowest BCUT2D eigenvalue weighted by Gasteiger charge is -2.22. The van der Waals surface area contributed by atoms with E-state index in [-0.39, 0.29) is 17.9 Å². The first-order chi connectivity index (χ1) is 12.6. The fourth-order valence-electron chi connectivity index (χ4n) is 3.47. The lowest BCUT2D eigenvalue weighted by molar-refractivity contribution is -0.0514. The lowest BCUT2D eigenvalue weighted by Crippen LogP contribution is -2.47. The van der Waals surface area contributed by atoms with Gasteiger partial charge in [-0.2, -0.15) is 8.78 Å². The molecule has 3 atom stereocenters. The second-order valence-electron chi connectivity index (χ2n) is 6.38. The van der Waals surface area contributed by atoms with Crippen LogP contribution < -0.4 is 20.1 Å². The van der Waals surface area contributed by atoms with Crippen LogP contribution in [0.3, 0.4) is 0 Å². The van der Waals surface area contributed by atoms with Crippen molar-refractivity contribution < 1.29 is 23.0 Å². The summed E-state index contributed by atoms with van der Waals surface area (Å²) in [6.45, 7) is -0.245. The van der Waals surface area contributed by atoms with Crippen molar-refractivity contribution in [3.63, 3.8) is 0 Å². The molecule has 2 bridgehead atoms. The SMILES string of the molecule is CCOc1cc(CNC(=NC)NC2CC3CCC2O3)ccc1OC(F)F. The minimum Gasteiger partial charge on any atom is -0.490 e. The summed E-state index contributed by atoms with van der Waals surface area (Å²) in [7, 11) is 1.72. The molecule has 6 nitrogen and oxygen atoms in total. The molecule has 2 fully saturated rings. The molecule has 3 unspecified atom stereocenters. The van der Waals surface area contributed by atoms with Crippen LogP contribution in [0.5, 0.6) is 11.5 Å². The number of fused-ring (bicyclic) bond motifs is 2. The Hall–Kier alpha value is -2.09. The zero-order chi connectivity index (χ0) is 18.5. The second-order valence-corrected chi connectivity index (χ2v) is 6.38. The molecule has 1 aromatic carbocycles. The van der Waals surface area contributed by atoms with E-state index in [2.05, 4.69) is 20.4 Å². The molecule has 0 aromatic heterocycles. The third-order valence-corrected chi connectivity index (χ3v) is 4.64. The number of guanidine groups is 1. The van der Waals surface area contributed by atoms with E-state index in [0.717, 1.165) is 24.8 Å². The van der Waals surface area contributed by atoms with Crippen LogP contribution in [0.15, 0.2) is 23.2 Å². The van der Waals surface area contributed by atoms with Crippen LogP contribution in [0.25, 0.3) is 0 Å². The maximum atomic E-state index is 12.5. The maximum absolute atomic E-state index is 12.5. The molecule has 1 aromatic rings. The highest BCUT2D eigenvalue weighted by Gasteiger charge is 2.41. The average molecular weight is 369 g/mol. The quantitative estimate of drug-likeness (QED) is 0.572. The average Bonchev–Trinajstić information content (AvgIpc) is 3.23. The van der Waals surface area contributed by atoms with E-state index in [9.17, 15) is 8.78 Å². The van der Waals surface area contributed by atoms with Crippen LogP contribution >= 0.6 is 0 Å². The van der Waals surface area contributed by atoms with Gasteiger partial charge >= 0.3 is 6.61 Å². The van der Waals surface area contributed by atoms with Gasteiger partial charge in [0.2, 0.25) is 0 Å². The first-order valence-corrected chi connectivity index (χ1v) is 8.92. The van der Waals surface area contributed by atoms with Gasteiger partial charge in [0.15, 0.2) is 17.5 Å². The third kappa shape index (κ3) is 4.55. The number of aliphatic imine (C=N–C) groups is 1. The van der Waals surface area contributed by atoms with Crippen molar-refractivity contribution in [2.45, 2.75) is 57.6 Å². The molecule has 2 N–H and O–H groups in total. The molecular formula is C18H25F2N3O3. The molecule has 2 aliphatic rings. The topological polar surface area (TPSA) is 64.1 Å². The summed E-state index contributed by atoms with van der Waals surface area (Å²) >= 11 is 0. The smallest absolute Gasteiger partial charge is 0.387 e. The number of rotatable bonds is 7. The number of hydrogen-bond donors (Lipinski definition) is 2. The Kier molecular flexibility index (Phi) is 6.13. The van der Waals surface area contributed by atoms with Crippen molar-refractivity contribution >= 4 is 5.96 Å². The van der Waals surface area contributed by atoms with E-state index in [4.69, 9.17) is 9.47 Å². The Morgan fingerprint density at radius 3 is 2.81 bits per heavy atom. The van der Waals surface area contributed by atoms with E-state index in [1.165, 1.54) is 6.07 Å². The molecule has 8 heteroatoms. The van der Waals surface area contributed by atoms with Gasteiger partial charge in [-0.3, -0.25) is 4.99 Å². The molecule has 0 amide bonds. The van der Waals surface area contributed by atoms with E-state index in [0.29, 0.717) is 31.0 Å². The molecule has 0 radical (unpaired) electrons. The first-order valence-electron chi connectivity index (χ1n) is 8.92. The highest BCUT2D eigenvalue weighted by atomic mass is 19.3. The van der Waals surface area contributed by atoms with Gasteiger partial charge in [0.05, 0.1) is 24.9 Å². The normalized spacial score (nSPS) is 24.8. The number of alkyl halides is 2. The minimum absolute atomic E-state index is 0.0345. The summed E-state index contributed by atoms with van der Waals surface area (Å²) in [6, 6.07) is 5.19. The van der Waals surface area contributed by atoms with Crippen LogP contribution in [0.4, 0.5) is 8.78 Å². The summed E-state index contributed by atoms with van der Waals surface area (Å²) in [4.78, 5) is 4.25. The van der Waals surface area contributed by atoms with Crippen molar-refractivity contribution in [2.24, 2.45) is 4.99 Å². The van der Waals surface area contributed by atoms with Crippen molar-refractivity contribution in [2.75, 3.05) is 13.7 Å². The number of hydrogen-bond acceptors (Lipinski definition) is 4. The largest absolute Gasteiger partial charge is 0.490 e. The van der Waals surface area contributed by atoms with Gasteiger partial charge in [0, 0.05) is 13.6 Å². The summed E-state index contributed by atoms with van der Waals surface area (Å²) in [5, 5.41) is 6.64. The molecule has 0 spiro atoms. The molecule has 0 aliphatic carbocycles. The van der Waals surface area contributed by atoms with Crippen LogP contribution in [-0.2, 0) is 11.3 Å². The van der Waals surface area contributed by atoms with Crippen LogP contribution in [0.2, 0.25) is 0 Å². The molecule has 2 heterocycles. The van der Waals surface area contributed by atoms with Gasteiger partial charge in [0.1, 0.15) is 0 Å². The predicted molar refractivity (Wildman–Crippen MR) is 93.9 cm³/mol. The number of ether oxygens (including phenoxy) is 3. The van der Waals surface area contributed by atoms with E-state index < -0.39 is 6.61 Å². The number of benzene rings is 1. The molecule has 26 heavy (non-hydrogen) atoms. The van der Waals surface area contributed by atoms with Crippen LogP contribution in [-0.4, -0.2) is 44.5 Å². The molecule has 144 valence electrons. The van der Waals surface area contributed by atoms with Crippen molar-refractivity contribution in [1.29, 1.82) is 0 Å². The van der Waals surface area contributed by atoms with Crippen molar-refractivity contribution in [3.8, 4) is 11.5 Å². The summed E-state index contributed by atoms with van der Waals surface area (Å²) < 4.78 is 40.7. The first kappa shape index (κ1) is 18.7. The fraction of sp³-hybridized carbons (Fsp3) is 0.611. The Bertz CT molecular complexity index is 642. The monoisotopic (exact) mass is 369 g/mol. The Morgan fingerprint density at radius 1 is 1.35 bits per heavy atom. The Morgan fingerprint density at radius 2 is 2.19 bits per heavy atom. The van der Waals surface area contributed by atoms with Gasteiger partial charge in [-0.1, -0.05) is 6.07 Å². The summed E-state index contributed by atoms with van der Waals surface area (Å²) in [5.41, 5.74) is 0.877. The molecule has 2 saturated heterocycles. The molecule has 3 rings (SSSR count). The zero-order valence-electron chi connectivity index (χ0n) is 15.0. The highest BCUT2D eigenvalue weighted by Crippen LogP contribution is 2.34. The van der Waals surface area contributed by atoms with E-state index in [1.807, 2.05) is 0 Å². The van der Waals surface area contributed by atoms with E-state index in [1.54, 1.807) is 26.1 Å². The second kappa shape index (κ2) is 8.53. The lowest BCUT2D eigenvalue weighted by atomic mass is 9.96. The van der Waals surface area contributed by atoms with Gasteiger partial charge in [-0.05, 0) is 43.9 Å². The number of nitrogens with zero attached hydrogens (tertiary/aromatic N) is 1. The minimum atomic E-state index is -2.88. The van der Waals surface area contributed by atoms with Gasteiger partial charge in [-0.25, -0.2) is 0 Å². The number of halogens is 2. The van der Waals surface area contributed by atoms with Crippen LogP contribution in [0.1, 0.15) is 31.7 Å². The molecule has 2 aliphatic heterocycles. The maximum Gasteiger partial charge on any atom is 0.387 e. The van der Waals surface area contributed by atoms with Gasteiger partial charge in [-0.15, -0.1) is 0 Å².